The highest BCUT2D eigenvalue weighted by molar-refractivity contribution is 9.10. The molecule has 0 atom stereocenters. The van der Waals surface area contributed by atoms with Crippen LogP contribution in [0.1, 0.15) is 11.3 Å². The average molecular weight is 324 g/mol. The van der Waals surface area contributed by atoms with Crippen molar-refractivity contribution >= 4 is 27.5 Å². The largest absolute Gasteiger partial charge is 0.437 e. The molecule has 0 unspecified atom stereocenters. The van der Waals surface area contributed by atoms with E-state index >= 15 is 0 Å². The minimum atomic E-state index is 0.357. The lowest BCUT2D eigenvalue weighted by Gasteiger charge is -2.07. The van der Waals surface area contributed by atoms with Crippen molar-refractivity contribution in [2.24, 2.45) is 0 Å². The number of pyridine rings is 1. The predicted molar refractivity (Wildman–Crippen MR) is 72.9 cm³/mol. The van der Waals surface area contributed by atoms with Crippen LogP contribution in [0.25, 0.3) is 0 Å². The second-order valence-corrected chi connectivity index (χ2v) is 4.95. The molecule has 0 saturated heterocycles. The summed E-state index contributed by atoms with van der Waals surface area (Å²) in [4.78, 5) is 4.20. The quantitative estimate of drug-likeness (QED) is 0.819. The number of hydrogen-bond donors (Lipinski definition) is 0. The molecule has 3 nitrogen and oxygen atoms in total. The Morgan fingerprint density at radius 2 is 2.11 bits per heavy atom. The van der Waals surface area contributed by atoms with Gasteiger partial charge in [-0.05, 0) is 31.2 Å². The number of nitrogens with zero attached hydrogens (tertiary/aromatic N) is 2. The molecular weight excluding hydrogens is 316 g/mol. The maximum absolute atomic E-state index is 8.88. The SMILES string of the molecule is Cc1cc(C#N)cc(Oc2ccc(Br)cc2Cl)n1. The lowest BCUT2D eigenvalue weighted by atomic mass is 10.2. The van der Waals surface area contributed by atoms with Crippen molar-refractivity contribution < 1.29 is 4.74 Å². The van der Waals surface area contributed by atoms with Gasteiger partial charge in [-0.2, -0.15) is 5.26 Å². The standard InChI is InChI=1S/C13H8BrClN2O/c1-8-4-9(7-16)5-13(17-8)18-12-3-2-10(14)6-11(12)15/h2-6H,1H3. The summed E-state index contributed by atoms with van der Waals surface area (Å²) in [5.41, 5.74) is 1.23. The van der Waals surface area contributed by atoms with Crippen LogP contribution < -0.4 is 4.74 Å². The molecule has 0 bridgehead atoms. The molecule has 18 heavy (non-hydrogen) atoms. The molecule has 0 aliphatic heterocycles. The number of hydrogen-bond acceptors (Lipinski definition) is 3. The van der Waals surface area contributed by atoms with E-state index in [1.807, 2.05) is 6.07 Å². The summed E-state index contributed by atoms with van der Waals surface area (Å²) in [6, 6.07) is 10.6. The molecule has 0 aliphatic rings. The normalized spacial score (nSPS) is 9.89. The van der Waals surface area contributed by atoms with Crippen molar-refractivity contribution in [1.29, 1.82) is 5.26 Å². The highest BCUT2D eigenvalue weighted by Gasteiger charge is 2.06. The van der Waals surface area contributed by atoms with Crippen molar-refractivity contribution in [1.82, 2.24) is 4.98 Å². The number of ether oxygens (including phenoxy) is 1. The third kappa shape index (κ3) is 3.00. The number of nitriles is 1. The van der Waals surface area contributed by atoms with Crippen molar-refractivity contribution in [3.63, 3.8) is 0 Å². The van der Waals surface area contributed by atoms with E-state index in [1.54, 1.807) is 31.2 Å². The first-order chi connectivity index (χ1) is 8.58. The number of aromatic nitrogens is 1. The summed E-state index contributed by atoms with van der Waals surface area (Å²) < 4.78 is 6.44. The molecular formula is C13H8BrClN2O. The third-order valence-electron chi connectivity index (χ3n) is 2.17. The zero-order valence-electron chi connectivity index (χ0n) is 9.45. The van der Waals surface area contributed by atoms with E-state index in [-0.39, 0.29) is 0 Å². The highest BCUT2D eigenvalue weighted by Crippen LogP contribution is 2.31. The first kappa shape index (κ1) is 12.9. The van der Waals surface area contributed by atoms with Gasteiger partial charge in [0.05, 0.1) is 16.7 Å². The van der Waals surface area contributed by atoms with Crippen LogP contribution >= 0.6 is 27.5 Å². The van der Waals surface area contributed by atoms with E-state index in [4.69, 9.17) is 21.6 Å². The van der Waals surface area contributed by atoms with Gasteiger partial charge in [-0.25, -0.2) is 4.98 Å². The Morgan fingerprint density at radius 3 is 2.78 bits per heavy atom. The van der Waals surface area contributed by atoms with Gasteiger partial charge in [0.2, 0.25) is 5.88 Å². The summed E-state index contributed by atoms with van der Waals surface area (Å²) in [7, 11) is 0. The lowest BCUT2D eigenvalue weighted by Crippen LogP contribution is -1.92. The summed E-state index contributed by atoms with van der Waals surface area (Å²) in [5.74, 6) is 0.859. The fourth-order valence-corrected chi connectivity index (χ4v) is 2.14. The molecule has 0 radical (unpaired) electrons. The van der Waals surface area contributed by atoms with Crippen molar-refractivity contribution in [3.8, 4) is 17.7 Å². The summed E-state index contributed by atoms with van der Waals surface area (Å²) in [6.07, 6.45) is 0. The summed E-state index contributed by atoms with van der Waals surface area (Å²) in [6.45, 7) is 1.80. The minimum Gasteiger partial charge on any atom is -0.437 e. The lowest BCUT2D eigenvalue weighted by molar-refractivity contribution is 0.461. The zero-order chi connectivity index (χ0) is 13.1. The van der Waals surface area contributed by atoms with Gasteiger partial charge >= 0.3 is 0 Å². The number of aryl methyl sites for hydroxylation is 1. The first-order valence-electron chi connectivity index (χ1n) is 5.10. The molecule has 0 amide bonds. The van der Waals surface area contributed by atoms with Gasteiger partial charge < -0.3 is 4.74 Å². The van der Waals surface area contributed by atoms with Crippen LogP contribution in [0.2, 0.25) is 5.02 Å². The van der Waals surface area contributed by atoms with E-state index in [9.17, 15) is 0 Å². The van der Waals surface area contributed by atoms with Crippen molar-refractivity contribution in [2.45, 2.75) is 6.92 Å². The molecule has 0 N–H and O–H groups in total. The topological polar surface area (TPSA) is 45.9 Å². The minimum absolute atomic E-state index is 0.357. The Bertz CT molecular complexity index is 637. The van der Waals surface area contributed by atoms with Gasteiger partial charge in [0, 0.05) is 16.2 Å². The van der Waals surface area contributed by atoms with Crippen LogP contribution in [0.4, 0.5) is 0 Å². The number of halogens is 2. The molecule has 0 aliphatic carbocycles. The predicted octanol–water partition coefficient (Wildman–Crippen LogP) is 4.47. The molecule has 1 aromatic heterocycles. The molecule has 2 aromatic rings. The second kappa shape index (κ2) is 5.38. The Balaban J connectivity index is 2.34. The molecule has 1 heterocycles. The Labute approximate surface area is 118 Å². The van der Waals surface area contributed by atoms with Crippen LogP contribution in [0, 0.1) is 18.3 Å². The second-order valence-electron chi connectivity index (χ2n) is 3.62. The average Bonchev–Trinajstić information content (AvgIpc) is 2.32. The van der Waals surface area contributed by atoms with Gasteiger partial charge in [-0.3, -0.25) is 0 Å². The molecule has 90 valence electrons. The van der Waals surface area contributed by atoms with Crippen LogP contribution in [0.15, 0.2) is 34.8 Å². The fraction of sp³-hybridized carbons (Fsp3) is 0.0769. The first-order valence-corrected chi connectivity index (χ1v) is 6.27. The Hall–Kier alpha value is -1.57. The maximum atomic E-state index is 8.88. The van der Waals surface area contributed by atoms with E-state index < -0.39 is 0 Å². The van der Waals surface area contributed by atoms with Crippen LogP contribution in [0.3, 0.4) is 0 Å². The fourth-order valence-electron chi connectivity index (χ4n) is 1.43. The summed E-state index contributed by atoms with van der Waals surface area (Å²) in [5, 5.41) is 9.36. The van der Waals surface area contributed by atoms with Crippen LogP contribution in [-0.2, 0) is 0 Å². The molecule has 0 fully saturated rings. The van der Waals surface area contributed by atoms with E-state index in [0.717, 1.165) is 10.2 Å². The monoisotopic (exact) mass is 322 g/mol. The van der Waals surface area contributed by atoms with Crippen molar-refractivity contribution in [3.05, 3.63) is 51.1 Å². The van der Waals surface area contributed by atoms with E-state index in [1.165, 1.54) is 0 Å². The third-order valence-corrected chi connectivity index (χ3v) is 2.96. The highest BCUT2D eigenvalue weighted by atomic mass is 79.9. The van der Waals surface area contributed by atoms with E-state index in [0.29, 0.717) is 22.2 Å². The van der Waals surface area contributed by atoms with Crippen molar-refractivity contribution in [2.75, 3.05) is 0 Å². The smallest absolute Gasteiger partial charge is 0.220 e. The molecule has 0 saturated carbocycles. The maximum Gasteiger partial charge on any atom is 0.220 e. The zero-order valence-corrected chi connectivity index (χ0v) is 11.8. The number of benzene rings is 1. The Kier molecular flexibility index (Phi) is 3.85. The van der Waals surface area contributed by atoms with Crippen LogP contribution in [0.5, 0.6) is 11.6 Å². The number of rotatable bonds is 2. The molecule has 2 rings (SSSR count). The van der Waals surface area contributed by atoms with Crippen LogP contribution in [-0.4, -0.2) is 4.98 Å². The Morgan fingerprint density at radius 1 is 1.33 bits per heavy atom. The molecule has 1 aromatic carbocycles. The van der Waals surface area contributed by atoms with Gasteiger partial charge in [-0.15, -0.1) is 0 Å². The van der Waals surface area contributed by atoms with Gasteiger partial charge in [0.15, 0.2) is 0 Å². The van der Waals surface area contributed by atoms with Gasteiger partial charge in [0.25, 0.3) is 0 Å². The molecule has 0 spiro atoms. The summed E-state index contributed by atoms with van der Waals surface area (Å²) >= 11 is 9.36. The van der Waals surface area contributed by atoms with Gasteiger partial charge in [0.1, 0.15) is 5.75 Å². The molecule has 5 heteroatoms. The van der Waals surface area contributed by atoms with Gasteiger partial charge in [-0.1, -0.05) is 27.5 Å². The van der Waals surface area contributed by atoms with E-state index in [2.05, 4.69) is 27.0 Å².